The number of carboxylic acid groups (broad SMARTS) is 1. The number of aromatic nitrogens is 2. The number of carbonyl (C=O) groups is 1. The first kappa shape index (κ1) is 12.4. The fourth-order valence-corrected chi connectivity index (χ4v) is 3.59. The Morgan fingerprint density at radius 2 is 2.16 bits per heavy atom. The van der Waals surface area contributed by atoms with Gasteiger partial charge in [-0.25, -0.2) is 14.8 Å². The number of carboxylic acids is 1. The van der Waals surface area contributed by atoms with Crippen LogP contribution in [0.2, 0.25) is 0 Å². The molecule has 1 aromatic heterocycles. The Kier molecular flexibility index (Phi) is 3.12. The molecule has 3 unspecified atom stereocenters. The lowest BCUT2D eigenvalue weighted by atomic mass is 9.85. The molecule has 5 nitrogen and oxygen atoms in total. The molecule has 0 amide bonds. The van der Waals surface area contributed by atoms with E-state index in [1.807, 2.05) is 17.9 Å². The van der Waals surface area contributed by atoms with Gasteiger partial charge in [-0.05, 0) is 32.1 Å². The Morgan fingerprint density at radius 3 is 2.89 bits per heavy atom. The minimum atomic E-state index is -0.731. The lowest BCUT2D eigenvalue weighted by Crippen LogP contribution is -2.43. The maximum absolute atomic E-state index is 11.5. The van der Waals surface area contributed by atoms with Gasteiger partial charge in [0.1, 0.15) is 18.2 Å². The van der Waals surface area contributed by atoms with Gasteiger partial charge in [0.25, 0.3) is 0 Å². The molecule has 102 valence electrons. The molecule has 1 N–H and O–H groups in total. The molecule has 1 aromatic rings. The highest BCUT2D eigenvalue weighted by Crippen LogP contribution is 2.41. The number of hydrogen-bond acceptors (Lipinski definition) is 4. The van der Waals surface area contributed by atoms with Crippen LogP contribution in [0.15, 0.2) is 12.4 Å². The molecule has 19 heavy (non-hydrogen) atoms. The van der Waals surface area contributed by atoms with Crippen LogP contribution in [0.4, 0.5) is 5.82 Å². The second-order valence-corrected chi connectivity index (χ2v) is 5.63. The summed E-state index contributed by atoms with van der Waals surface area (Å²) in [6, 6.07) is 1.80. The summed E-state index contributed by atoms with van der Waals surface area (Å²) < 4.78 is 0. The molecule has 2 aliphatic rings. The number of aryl methyl sites for hydroxylation is 1. The van der Waals surface area contributed by atoms with Crippen molar-refractivity contribution >= 4 is 11.8 Å². The van der Waals surface area contributed by atoms with Gasteiger partial charge in [-0.2, -0.15) is 0 Å². The van der Waals surface area contributed by atoms with E-state index in [0.29, 0.717) is 12.0 Å². The molecule has 0 radical (unpaired) electrons. The highest BCUT2D eigenvalue weighted by atomic mass is 16.4. The molecule has 0 aromatic carbocycles. The molecule has 0 bridgehead atoms. The van der Waals surface area contributed by atoms with E-state index in [1.54, 1.807) is 0 Å². The van der Waals surface area contributed by atoms with E-state index in [9.17, 15) is 9.90 Å². The molecule has 1 aliphatic heterocycles. The van der Waals surface area contributed by atoms with Crippen LogP contribution in [-0.2, 0) is 4.79 Å². The van der Waals surface area contributed by atoms with E-state index in [0.717, 1.165) is 30.8 Å². The number of rotatable bonds is 2. The largest absolute Gasteiger partial charge is 0.480 e. The van der Waals surface area contributed by atoms with Crippen LogP contribution in [0.3, 0.4) is 0 Å². The van der Waals surface area contributed by atoms with E-state index < -0.39 is 12.0 Å². The molecule has 1 saturated heterocycles. The maximum atomic E-state index is 11.5. The molecule has 0 spiro atoms. The molecule has 1 saturated carbocycles. The van der Waals surface area contributed by atoms with E-state index in [2.05, 4.69) is 9.97 Å². The van der Waals surface area contributed by atoms with Gasteiger partial charge in [0.05, 0.1) is 0 Å². The fraction of sp³-hybridized carbons (Fsp3) is 0.643. The van der Waals surface area contributed by atoms with Crippen molar-refractivity contribution in [2.45, 2.75) is 51.1 Å². The molecule has 1 aliphatic carbocycles. The van der Waals surface area contributed by atoms with Crippen molar-refractivity contribution in [2.24, 2.45) is 5.92 Å². The first-order valence-corrected chi connectivity index (χ1v) is 6.96. The monoisotopic (exact) mass is 261 g/mol. The van der Waals surface area contributed by atoms with Crippen molar-refractivity contribution in [1.29, 1.82) is 0 Å². The van der Waals surface area contributed by atoms with Crippen molar-refractivity contribution in [3.63, 3.8) is 0 Å². The quantitative estimate of drug-likeness (QED) is 0.882. The van der Waals surface area contributed by atoms with Crippen molar-refractivity contribution in [2.75, 3.05) is 4.90 Å². The van der Waals surface area contributed by atoms with Gasteiger partial charge in [-0.15, -0.1) is 0 Å². The summed E-state index contributed by atoms with van der Waals surface area (Å²) in [5.74, 6) is 0.546. The second kappa shape index (κ2) is 4.79. The highest BCUT2D eigenvalue weighted by molar-refractivity contribution is 5.79. The van der Waals surface area contributed by atoms with E-state index in [-0.39, 0.29) is 0 Å². The highest BCUT2D eigenvalue weighted by Gasteiger charge is 2.45. The predicted octanol–water partition coefficient (Wildman–Crippen LogP) is 2.01. The molecule has 3 atom stereocenters. The molecule has 2 fully saturated rings. The average Bonchev–Trinajstić information content (AvgIpc) is 2.78. The van der Waals surface area contributed by atoms with Gasteiger partial charge in [-0.1, -0.05) is 12.8 Å². The SMILES string of the molecule is Cc1cc(N2C(C(=O)O)CC3CCCCC32)ncn1. The maximum Gasteiger partial charge on any atom is 0.326 e. The Balaban J connectivity index is 1.96. The average molecular weight is 261 g/mol. The summed E-state index contributed by atoms with van der Waals surface area (Å²) in [6.07, 6.45) is 6.92. The lowest BCUT2D eigenvalue weighted by molar-refractivity contribution is -0.138. The third-order valence-corrected chi connectivity index (χ3v) is 4.43. The number of nitrogens with zero attached hydrogens (tertiary/aromatic N) is 3. The Bertz CT molecular complexity index is 491. The fourth-order valence-electron chi connectivity index (χ4n) is 3.59. The smallest absolute Gasteiger partial charge is 0.326 e. The third-order valence-electron chi connectivity index (χ3n) is 4.43. The molecular formula is C14H19N3O2. The number of fused-ring (bicyclic) bond motifs is 1. The summed E-state index contributed by atoms with van der Waals surface area (Å²) in [5.41, 5.74) is 0.883. The van der Waals surface area contributed by atoms with E-state index >= 15 is 0 Å². The predicted molar refractivity (Wildman–Crippen MR) is 71.0 cm³/mol. The Morgan fingerprint density at radius 1 is 1.37 bits per heavy atom. The van der Waals surface area contributed by atoms with Crippen LogP contribution in [0, 0.1) is 12.8 Å². The lowest BCUT2D eigenvalue weighted by Gasteiger charge is -2.33. The number of hydrogen-bond donors (Lipinski definition) is 1. The van der Waals surface area contributed by atoms with Crippen LogP contribution in [-0.4, -0.2) is 33.1 Å². The molecule has 5 heteroatoms. The van der Waals surface area contributed by atoms with Gasteiger partial charge < -0.3 is 10.0 Å². The van der Waals surface area contributed by atoms with Gasteiger partial charge >= 0.3 is 5.97 Å². The normalized spacial score (nSPS) is 30.2. The summed E-state index contributed by atoms with van der Waals surface area (Å²) in [4.78, 5) is 22.0. The van der Waals surface area contributed by atoms with Crippen LogP contribution in [0.25, 0.3) is 0 Å². The first-order valence-electron chi connectivity index (χ1n) is 6.96. The third kappa shape index (κ3) is 2.17. The van der Waals surface area contributed by atoms with Gasteiger partial charge in [0.15, 0.2) is 0 Å². The van der Waals surface area contributed by atoms with Crippen molar-refractivity contribution in [1.82, 2.24) is 9.97 Å². The second-order valence-electron chi connectivity index (χ2n) is 5.63. The number of anilines is 1. The van der Waals surface area contributed by atoms with Gasteiger partial charge in [0.2, 0.25) is 0 Å². The van der Waals surface area contributed by atoms with Crippen LogP contribution >= 0.6 is 0 Å². The molecule has 2 heterocycles. The van der Waals surface area contributed by atoms with Crippen LogP contribution in [0.1, 0.15) is 37.8 Å². The minimum Gasteiger partial charge on any atom is -0.480 e. The van der Waals surface area contributed by atoms with Gasteiger partial charge in [0, 0.05) is 17.8 Å². The summed E-state index contributed by atoms with van der Waals surface area (Å²) >= 11 is 0. The Hall–Kier alpha value is -1.65. The summed E-state index contributed by atoms with van der Waals surface area (Å²) in [5, 5.41) is 9.48. The van der Waals surface area contributed by atoms with E-state index in [1.165, 1.54) is 19.2 Å². The minimum absolute atomic E-state index is 0.337. The van der Waals surface area contributed by atoms with Crippen molar-refractivity contribution in [3.05, 3.63) is 18.1 Å². The van der Waals surface area contributed by atoms with Crippen molar-refractivity contribution in [3.8, 4) is 0 Å². The first-order chi connectivity index (χ1) is 9.16. The number of aliphatic carboxylic acids is 1. The summed E-state index contributed by atoms with van der Waals surface area (Å²) in [7, 11) is 0. The Labute approximate surface area is 112 Å². The zero-order valence-electron chi connectivity index (χ0n) is 11.1. The van der Waals surface area contributed by atoms with Crippen molar-refractivity contribution < 1.29 is 9.90 Å². The summed E-state index contributed by atoms with van der Waals surface area (Å²) in [6.45, 7) is 1.91. The zero-order chi connectivity index (χ0) is 13.4. The molecule has 3 rings (SSSR count). The van der Waals surface area contributed by atoms with Crippen LogP contribution in [0.5, 0.6) is 0 Å². The van der Waals surface area contributed by atoms with Crippen LogP contribution < -0.4 is 4.90 Å². The van der Waals surface area contributed by atoms with Gasteiger partial charge in [-0.3, -0.25) is 0 Å². The standard InChI is InChI=1S/C14H19N3O2/c1-9-6-13(16-8-15-9)17-11-5-3-2-4-10(11)7-12(17)14(18)19/h6,8,10-12H,2-5,7H2,1H3,(H,18,19). The van der Waals surface area contributed by atoms with E-state index in [4.69, 9.17) is 0 Å². The zero-order valence-corrected chi connectivity index (χ0v) is 11.1. The molecular weight excluding hydrogens is 242 g/mol. The topological polar surface area (TPSA) is 66.3 Å².